The maximum Gasteiger partial charge on any atom is 0.342 e. The van der Waals surface area contributed by atoms with Gasteiger partial charge in [-0.15, -0.1) is 0 Å². The molecule has 4 saturated heterocycles. The first-order chi connectivity index (χ1) is 13.2. The Morgan fingerprint density at radius 1 is 1.25 bits per heavy atom. The number of hydrogen-bond donors (Lipinski definition) is 1. The summed E-state index contributed by atoms with van der Waals surface area (Å²) in [5, 5.41) is 11.5. The van der Waals surface area contributed by atoms with Crippen LogP contribution in [0.15, 0.2) is 23.0 Å². The minimum Gasteiger partial charge on any atom is -0.472 e. The predicted molar refractivity (Wildman–Crippen MR) is 88.8 cm³/mol. The third-order valence-corrected chi connectivity index (χ3v) is 8.16. The van der Waals surface area contributed by atoms with Gasteiger partial charge in [0.2, 0.25) is 0 Å². The lowest BCUT2D eigenvalue weighted by Gasteiger charge is -2.64. The van der Waals surface area contributed by atoms with Gasteiger partial charge in [-0.2, -0.15) is 0 Å². The summed E-state index contributed by atoms with van der Waals surface area (Å²) < 4.78 is 22.0. The van der Waals surface area contributed by atoms with Crippen molar-refractivity contribution < 1.29 is 38.1 Å². The van der Waals surface area contributed by atoms with Crippen LogP contribution in [-0.2, 0) is 23.8 Å². The fourth-order valence-electron chi connectivity index (χ4n) is 6.78. The maximum atomic E-state index is 13.0. The van der Waals surface area contributed by atoms with Gasteiger partial charge in [0.05, 0.1) is 23.2 Å². The molecule has 7 rings (SSSR count). The van der Waals surface area contributed by atoms with E-state index in [9.17, 15) is 19.5 Å². The van der Waals surface area contributed by atoms with Crippen LogP contribution in [0.4, 0.5) is 0 Å². The molecule has 8 heteroatoms. The minimum atomic E-state index is -1.89. The number of ketones is 1. The molecule has 0 spiro atoms. The van der Waals surface area contributed by atoms with Gasteiger partial charge in [0.15, 0.2) is 11.4 Å². The van der Waals surface area contributed by atoms with E-state index in [-0.39, 0.29) is 18.2 Å². The van der Waals surface area contributed by atoms with Crippen molar-refractivity contribution in [3.63, 3.8) is 0 Å². The molecule has 5 heterocycles. The van der Waals surface area contributed by atoms with E-state index in [2.05, 4.69) is 0 Å². The Morgan fingerprint density at radius 3 is 2.75 bits per heavy atom. The van der Waals surface area contributed by atoms with Crippen LogP contribution in [0.5, 0.6) is 0 Å². The second kappa shape index (κ2) is 4.68. The van der Waals surface area contributed by atoms with Gasteiger partial charge in [-0.3, -0.25) is 9.59 Å². The van der Waals surface area contributed by atoms with E-state index in [0.717, 1.165) is 0 Å². The first-order valence-corrected chi connectivity index (χ1v) is 9.57. The van der Waals surface area contributed by atoms with Crippen molar-refractivity contribution in [2.75, 3.05) is 0 Å². The number of carbonyl (C=O) groups is 3. The first-order valence-electron chi connectivity index (χ1n) is 9.57. The zero-order chi connectivity index (χ0) is 19.6. The standard InChI is InChI=1S/C20H20O8/c1-18(6-10(21)8-3-4-25-7-8)9-5-11(26-16(9)22)19(2)14(18)12-13-15(27-13)20(19,24)17(23)28-12/h3-4,7,9,11-15,24H,5-6H2,1-2H3/t9-,11-,12+,13+,14-,15-,18+,19+,20-/m0/s1. The molecule has 0 radical (unpaired) electrons. The smallest absolute Gasteiger partial charge is 0.342 e. The number of fused-ring (bicyclic) bond motifs is 3. The van der Waals surface area contributed by atoms with Crippen LogP contribution in [-0.4, -0.2) is 52.8 Å². The second-order valence-electron chi connectivity index (χ2n) is 9.25. The third-order valence-electron chi connectivity index (χ3n) is 8.16. The summed E-state index contributed by atoms with van der Waals surface area (Å²) in [5.74, 6) is -2.22. The molecule has 1 aromatic heterocycles. The molecule has 0 unspecified atom stereocenters. The molecule has 9 atom stereocenters. The van der Waals surface area contributed by atoms with Gasteiger partial charge in [-0.1, -0.05) is 13.8 Å². The van der Waals surface area contributed by atoms with E-state index < -0.39 is 58.7 Å². The van der Waals surface area contributed by atoms with E-state index >= 15 is 0 Å². The number of aliphatic hydroxyl groups is 1. The molecule has 4 aliphatic heterocycles. The topological polar surface area (TPSA) is 116 Å². The molecular weight excluding hydrogens is 368 g/mol. The minimum absolute atomic E-state index is 0.0563. The van der Waals surface area contributed by atoms with Gasteiger partial charge < -0.3 is 23.7 Å². The molecule has 0 amide bonds. The third kappa shape index (κ3) is 1.57. The number of hydrogen-bond acceptors (Lipinski definition) is 8. The van der Waals surface area contributed by atoms with Crippen LogP contribution < -0.4 is 0 Å². The van der Waals surface area contributed by atoms with Gasteiger partial charge in [0.1, 0.15) is 30.7 Å². The van der Waals surface area contributed by atoms with Gasteiger partial charge in [0, 0.05) is 12.3 Å². The van der Waals surface area contributed by atoms with Crippen LogP contribution >= 0.6 is 0 Å². The number of rotatable bonds is 3. The van der Waals surface area contributed by atoms with Crippen molar-refractivity contribution in [3.05, 3.63) is 24.2 Å². The number of carbonyl (C=O) groups excluding carboxylic acids is 3. The van der Waals surface area contributed by atoms with E-state index in [4.69, 9.17) is 18.6 Å². The summed E-state index contributed by atoms with van der Waals surface area (Å²) in [5.41, 5.74) is -3.41. The number of ether oxygens (including phenoxy) is 3. The SMILES string of the molecule is C[C@@]1(CC(=O)c2ccoc2)[C@H]2C[C@H](OC2=O)[C@]2(C)[C@H]1[C@@H]1OC(=O)[C@@]2(O)[C@H]2O[C@H]12. The van der Waals surface area contributed by atoms with Gasteiger partial charge >= 0.3 is 11.9 Å². The molecular formula is C20H20O8. The first kappa shape index (κ1) is 16.7. The van der Waals surface area contributed by atoms with Gasteiger partial charge in [-0.25, -0.2) is 4.79 Å². The average molecular weight is 388 g/mol. The second-order valence-corrected chi connectivity index (χ2v) is 9.25. The van der Waals surface area contributed by atoms with E-state index in [1.165, 1.54) is 12.5 Å². The predicted octanol–water partition coefficient (Wildman–Crippen LogP) is 0.864. The summed E-state index contributed by atoms with van der Waals surface area (Å²) in [7, 11) is 0. The molecule has 4 bridgehead atoms. The average Bonchev–Trinajstić information content (AvgIpc) is 3.10. The van der Waals surface area contributed by atoms with Crippen molar-refractivity contribution in [3.8, 4) is 0 Å². The maximum absolute atomic E-state index is 13.0. The number of epoxide rings is 1. The molecule has 148 valence electrons. The summed E-state index contributed by atoms with van der Waals surface area (Å²) >= 11 is 0. The highest BCUT2D eigenvalue weighted by Gasteiger charge is 2.87. The molecule has 8 nitrogen and oxygen atoms in total. The van der Waals surface area contributed by atoms with Gasteiger partial charge in [-0.05, 0) is 17.9 Å². The molecule has 28 heavy (non-hydrogen) atoms. The molecule has 6 fully saturated rings. The Morgan fingerprint density at radius 2 is 2.04 bits per heavy atom. The van der Waals surface area contributed by atoms with Crippen molar-refractivity contribution in [1.29, 1.82) is 0 Å². The van der Waals surface area contributed by atoms with Crippen LogP contribution in [0.25, 0.3) is 0 Å². The van der Waals surface area contributed by atoms with Crippen LogP contribution in [0.3, 0.4) is 0 Å². The van der Waals surface area contributed by atoms with Crippen LogP contribution in [0.1, 0.15) is 37.0 Å². The Balaban J connectivity index is 1.51. The number of Topliss-reactive ketones (excluding diaryl/α,β-unsaturated/α-hetero) is 1. The van der Waals surface area contributed by atoms with E-state index in [1.807, 2.05) is 6.92 Å². The highest BCUT2D eigenvalue weighted by molar-refractivity contribution is 5.97. The monoisotopic (exact) mass is 388 g/mol. The van der Waals surface area contributed by atoms with Crippen molar-refractivity contribution in [2.45, 2.75) is 56.7 Å². The Labute approximate surface area is 160 Å². The Bertz CT molecular complexity index is 923. The number of furan rings is 1. The summed E-state index contributed by atoms with van der Waals surface area (Å²) in [6.07, 6.45) is 0.944. The lowest BCUT2D eigenvalue weighted by Crippen LogP contribution is -2.78. The lowest BCUT2D eigenvalue weighted by molar-refractivity contribution is -0.283. The van der Waals surface area contributed by atoms with Crippen LogP contribution in [0, 0.1) is 22.7 Å². The molecule has 1 aromatic rings. The highest BCUT2D eigenvalue weighted by Crippen LogP contribution is 2.72. The molecule has 2 aliphatic carbocycles. The Kier molecular flexibility index (Phi) is 2.80. The quantitative estimate of drug-likeness (QED) is 0.461. The van der Waals surface area contributed by atoms with Crippen LogP contribution in [0.2, 0.25) is 0 Å². The highest BCUT2D eigenvalue weighted by atomic mass is 16.7. The molecule has 6 aliphatic rings. The fraction of sp³-hybridized carbons (Fsp3) is 0.650. The van der Waals surface area contributed by atoms with Gasteiger partial charge in [0.25, 0.3) is 0 Å². The summed E-state index contributed by atoms with van der Waals surface area (Å²) in [4.78, 5) is 38.4. The zero-order valence-corrected chi connectivity index (χ0v) is 15.4. The van der Waals surface area contributed by atoms with Crippen molar-refractivity contribution in [1.82, 2.24) is 0 Å². The lowest BCUT2D eigenvalue weighted by atomic mass is 9.41. The normalized spacial score (nSPS) is 52.5. The summed E-state index contributed by atoms with van der Waals surface area (Å²) in [6.45, 7) is 3.65. The van der Waals surface area contributed by atoms with Crippen molar-refractivity contribution in [2.24, 2.45) is 22.7 Å². The largest absolute Gasteiger partial charge is 0.472 e. The molecule has 1 N–H and O–H groups in total. The molecule has 0 aromatic carbocycles. The Hall–Kier alpha value is -2.19. The van der Waals surface area contributed by atoms with E-state index in [1.54, 1.807) is 13.0 Å². The molecule has 2 saturated carbocycles. The fourth-order valence-corrected chi connectivity index (χ4v) is 6.78. The van der Waals surface area contributed by atoms with E-state index in [0.29, 0.717) is 12.0 Å². The van der Waals surface area contributed by atoms with Crippen molar-refractivity contribution >= 4 is 17.7 Å². The summed E-state index contributed by atoms with van der Waals surface area (Å²) in [6, 6.07) is 1.59. The number of esters is 2. The zero-order valence-electron chi connectivity index (χ0n) is 15.4.